The second kappa shape index (κ2) is 9.16. The predicted octanol–water partition coefficient (Wildman–Crippen LogP) is 4.56. The molecule has 1 N–H and O–H groups in total. The molecule has 1 atom stereocenters. The van der Waals surface area contributed by atoms with Crippen molar-refractivity contribution in [3.63, 3.8) is 0 Å². The van der Waals surface area contributed by atoms with Crippen LogP contribution in [0.4, 0.5) is 22.0 Å². The highest BCUT2D eigenvalue weighted by Gasteiger charge is 2.44. The molecule has 2 aromatic carbocycles. The number of alkyl halides is 3. The fourth-order valence-corrected chi connectivity index (χ4v) is 4.21. The smallest absolute Gasteiger partial charge is 0.408 e. The maximum absolute atomic E-state index is 13.9. The molecule has 0 aliphatic rings. The highest BCUT2D eigenvalue weighted by Crippen LogP contribution is 2.35. The third-order valence-electron chi connectivity index (χ3n) is 4.36. The summed E-state index contributed by atoms with van der Waals surface area (Å²) >= 11 is 3.01. The van der Waals surface area contributed by atoms with Crippen molar-refractivity contribution in [1.29, 1.82) is 0 Å². The fourth-order valence-electron chi connectivity index (χ4n) is 2.80. The van der Waals surface area contributed by atoms with E-state index in [1.165, 1.54) is 12.1 Å². The maximum atomic E-state index is 13.9. The van der Waals surface area contributed by atoms with Crippen molar-refractivity contribution < 1.29 is 35.1 Å². The van der Waals surface area contributed by atoms with Gasteiger partial charge in [0.15, 0.2) is 11.6 Å². The number of nitrogens with zero attached hydrogens (tertiary/aromatic N) is 2. The first-order valence-corrected chi connectivity index (χ1v) is 11.1. The zero-order chi connectivity index (χ0) is 23.7. The Balaban J connectivity index is 1.86. The van der Waals surface area contributed by atoms with Gasteiger partial charge >= 0.3 is 6.18 Å². The molecule has 0 amide bonds. The summed E-state index contributed by atoms with van der Waals surface area (Å²) in [7, 11) is -3.55. The Labute approximate surface area is 188 Å². The van der Waals surface area contributed by atoms with E-state index in [1.54, 1.807) is 10.8 Å². The number of rotatable bonds is 7. The number of nitrogens with one attached hydrogen (secondary N) is 1. The van der Waals surface area contributed by atoms with Crippen LogP contribution in [0.1, 0.15) is 17.2 Å². The average Bonchev–Trinajstić information content (AvgIpc) is 3.18. The van der Waals surface area contributed by atoms with E-state index in [-0.39, 0.29) is 16.8 Å². The Hall–Kier alpha value is -2.51. The molecular formula is C19H15BrF5N3O3S. The summed E-state index contributed by atoms with van der Waals surface area (Å²) in [6, 6.07) is 3.94. The van der Waals surface area contributed by atoms with Crippen LogP contribution in [0.3, 0.4) is 0 Å². The summed E-state index contributed by atoms with van der Waals surface area (Å²) in [6.07, 6.45) is -3.19. The van der Waals surface area contributed by atoms with E-state index in [9.17, 15) is 30.4 Å². The quantitative estimate of drug-likeness (QED) is 0.446. The number of hydrogen-bond acceptors (Lipinski definition) is 4. The van der Waals surface area contributed by atoms with Crippen molar-refractivity contribution >= 4 is 26.0 Å². The number of hydrogen-bond donors (Lipinski definition) is 1. The van der Waals surface area contributed by atoms with Crippen molar-refractivity contribution in [2.45, 2.75) is 23.7 Å². The van der Waals surface area contributed by atoms with Gasteiger partial charge in [0.05, 0.1) is 24.3 Å². The molecule has 172 valence electrons. The molecule has 1 unspecified atom stereocenters. The van der Waals surface area contributed by atoms with Gasteiger partial charge in [0.2, 0.25) is 10.0 Å². The second-order valence-corrected chi connectivity index (χ2v) is 9.18. The monoisotopic (exact) mass is 539 g/mol. The lowest BCUT2D eigenvalue weighted by Crippen LogP contribution is -2.38. The van der Waals surface area contributed by atoms with Crippen LogP contribution in [-0.2, 0) is 16.6 Å². The van der Waals surface area contributed by atoms with Gasteiger partial charge in [0.1, 0.15) is 16.8 Å². The lowest BCUT2D eigenvalue weighted by Gasteiger charge is -2.22. The first-order valence-electron chi connectivity index (χ1n) is 8.79. The van der Waals surface area contributed by atoms with E-state index in [1.807, 2.05) is 0 Å². The van der Waals surface area contributed by atoms with Crippen molar-refractivity contribution in [2.24, 2.45) is 0 Å². The van der Waals surface area contributed by atoms with Gasteiger partial charge in [-0.05, 0) is 51.3 Å². The normalized spacial score (nSPS) is 13.2. The largest absolute Gasteiger partial charge is 0.494 e. The zero-order valence-corrected chi connectivity index (χ0v) is 18.6. The molecular weight excluding hydrogens is 525 g/mol. The minimum atomic E-state index is -5.06. The van der Waals surface area contributed by atoms with Crippen LogP contribution < -0.4 is 9.46 Å². The summed E-state index contributed by atoms with van der Waals surface area (Å²) < 4.78 is 101. The Bertz CT molecular complexity index is 1230. The van der Waals surface area contributed by atoms with E-state index in [0.717, 1.165) is 36.3 Å². The van der Waals surface area contributed by atoms with Crippen LogP contribution in [0.15, 0.2) is 58.2 Å². The first-order chi connectivity index (χ1) is 14.9. The fraction of sp³-hybridized carbons (Fsp3) is 0.211. The first kappa shape index (κ1) is 24.1. The summed E-state index contributed by atoms with van der Waals surface area (Å²) in [4.78, 5) is -0.543. The number of methoxy groups -OCH3 is 1. The molecule has 1 aromatic heterocycles. The van der Waals surface area contributed by atoms with E-state index in [2.05, 4.69) is 25.8 Å². The van der Waals surface area contributed by atoms with Crippen LogP contribution in [0.25, 0.3) is 0 Å². The van der Waals surface area contributed by atoms with E-state index in [4.69, 9.17) is 0 Å². The van der Waals surface area contributed by atoms with Crippen molar-refractivity contribution in [1.82, 2.24) is 14.5 Å². The molecule has 0 fully saturated rings. The van der Waals surface area contributed by atoms with Gasteiger partial charge in [0.25, 0.3) is 0 Å². The van der Waals surface area contributed by atoms with Crippen LogP contribution in [0, 0.1) is 11.6 Å². The van der Waals surface area contributed by atoms with Gasteiger partial charge in [-0.1, -0.05) is 12.1 Å². The topological polar surface area (TPSA) is 73.2 Å². The van der Waals surface area contributed by atoms with Gasteiger partial charge in [-0.2, -0.15) is 23.0 Å². The van der Waals surface area contributed by atoms with Crippen molar-refractivity contribution in [3.05, 3.63) is 76.0 Å². The second-order valence-electron chi connectivity index (χ2n) is 6.61. The molecule has 0 bridgehead atoms. The molecule has 0 aliphatic carbocycles. The van der Waals surface area contributed by atoms with Gasteiger partial charge in [-0.3, -0.25) is 4.68 Å². The summed E-state index contributed by atoms with van der Waals surface area (Å²) in [5.41, 5.74) is -0.204. The third-order valence-corrected chi connectivity index (χ3v) is 6.38. The summed E-state index contributed by atoms with van der Waals surface area (Å²) in [5, 5.41) is 3.81. The zero-order valence-electron chi connectivity index (χ0n) is 16.2. The molecule has 32 heavy (non-hydrogen) atoms. The molecule has 13 heteroatoms. The van der Waals surface area contributed by atoms with Crippen LogP contribution in [0.5, 0.6) is 5.75 Å². The summed E-state index contributed by atoms with van der Waals surface area (Å²) in [6.45, 7) is -0.0217. The minimum absolute atomic E-state index is 0.0217. The van der Waals surface area contributed by atoms with Gasteiger partial charge < -0.3 is 4.74 Å². The number of benzene rings is 2. The number of halogens is 6. The lowest BCUT2D eigenvalue weighted by molar-refractivity contribution is -0.153. The van der Waals surface area contributed by atoms with E-state index >= 15 is 0 Å². The summed E-state index contributed by atoms with van der Waals surface area (Å²) in [5.74, 6) is -1.90. The Kier molecular flexibility index (Phi) is 6.91. The molecule has 3 aromatic rings. The van der Waals surface area contributed by atoms with Crippen molar-refractivity contribution in [2.75, 3.05) is 7.11 Å². The molecule has 0 saturated carbocycles. The standard InChI is InChI=1S/C19H15BrF5N3O3S/c1-31-17-5-3-12(7-16(17)22)18(19(23,24)25)27-32(29,30)13-8-26-28(10-13)9-11-2-4-14(20)15(21)6-11/h2-8,10,18,27H,9H2,1H3. The van der Waals surface area contributed by atoms with E-state index in [0.29, 0.717) is 11.6 Å². The van der Waals surface area contributed by atoms with Crippen LogP contribution in [0.2, 0.25) is 0 Å². The van der Waals surface area contributed by atoms with Crippen LogP contribution >= 0.6 is 15.9 Å². The van der Waals surface area contributed by atoms with Gasteiger partial charge in [-0.25, -0.2) is 17.2 Å². The maximum Gasteiger partial charge on any atom is 0.408 e. The Morgan fingerprint density at radius 3 is 2.47 bits per heavy atom. The highest BCUT2D eigenvalue weighted by atomic mass is 79.9. The molecule has 6 nitrogen and oxygen atoms in total. The molecule has 1 heterocycles. The SMILES string of the molecule is COc1ccc(C(NS(=O)(=O)c2cnn(Cc3ccc(Br)c(F)c3)c2)C(F)(F)F)cc1F. The minimum Gasteiger partial charge on any atom is -0.494 e. The van der Waals surface area contributed by atoms with Gasteiger partial charge in [-0.15, -0.1) is 0 Å². The average molecular weight is 540 g/mol. The highest BCUT2D eigenvalue weighted by molar-refractivity contribution is 9.10. The lowest BCUT2D eigenvalue weighted by atomic mass is 10.1. The van der Waals surface area contributed by atoms with Crippen LogP contribution in [-0.4, -0.2) is 31.5 Å². The molecule has 0 spiro atoms. The molecule has 0 saturated heterocycles. The van der Waals surface area contributed by atoms with E-state index < -0.39 is 44.3 Å². The number of sulfonamides is 1. The molecule has 3 rings (SSSR count). The van der Waals surface area contributed by atoms with Gasteiger partial charge in [0, 0.05) is 6.20 Å². The molecule has 0 aliphatic heterocycles. The number of ether oxygens (including phenoxy) is 1. The number of aromatic nitrogens is 2. The van der Waals surface area contributed by atoms with Crippen molar-refractivity contribution in [3.8, 4) is 5.75 Å². The predicted molar refractivity (Wildman–Crippen MR) is 107 cm³/mol. The third kappa shape index (κ3) is 5.45. The molecule has 0 radical (unpaired) electrons. The Morgan fingerprint density at radius 1 is 1.16 bits per heavy atom. The Morgan fingerprint density at radius 2 is 1.88 bits per heavy atom.